The number of nitrogens with one attached hydrogen (secondary N) is 9. The molecule has 5 aromatic rings. The number of urea groups is 1. The van der Waals surface area contributed by atoms with Crippen molar-refractivity contribution in [1.29, 1.82) is 0 Å². The minimum atomic E-state index is -1.69. The number of ether oxygens (including phenoxy) is 1. The van der Waals surface area contributed by atoms with Crippen molar-refractivity contribution in [3.8, 4) is 16.9 Å². The molecule has 105 heavy (non-hydrogen) atoms. The van der Waals surface area contributed by atoms with E-state index in [1.165, 1.54) is 6.07 Å². The molecule has 1 aromatic heterocycles. The number of carbonyl (C=O) groups excluding carboxylic acids is 8. The quantitative estimate of drug-likeness (QED) is 0.0211. The molecule has 0 radical (unpaired) electrons. The van der Waals surface area contributed by atoms with E-state index in [1.54, 1.807) is 75.2 Å². The number of rotatable bonds is 32. The van der Waals surface area contributed by atoms with Crippen LogP contribution in [0.15, 0.2) is 97.2 Å². The van der Waals surface area contributed by atoms with Gasteiger partial charge >= 0.3 is 23.9 Å². The first-order chi connectivity index (χ1) is 50.3. The van der Waals surface area contributed by atoms with Crippen LogP contribution >= 0.6 is 0 Å². The molecule has 14 N–H and O–H groups in total. The predicted octanol–water partition coefficient (Wildman–Crippen LogP) is 1.06. The van der Waals surface area contributed by atoms with Crippen molar-refractivity contribution in [2.45, 2.75) is 95.9 Å². The van der Waals surface area contributed by atoms with Crippen LogP contribution in [0.4, 0.5) is 9.18 Å². The van der Waals surface area contributed by atoms with Gasteiger partial charge in [0.05, 0.1) is 45.9 Å². The monoisotopic (exact) mass is 1460 g/mol. The number of piperidine rings is 2. The van der Waals surface area contributed by atoms with Crippen molar-refractivity contribution < 1.29 is 77.2 Å². The number of halogens is 1. The number of carboxylic acids is 3. The van der Waals surface area contributed by atoms with Gasteiger partial charge in [0, 0.05) is 132 Å². The van der Waals surface area contributed by atoms with Crippen molar-refractivity contribution in [3.63, 3.8) is 0 Å². The first kappa shape index (κ1) is 80.6. The molecule has 4 heterocycles. The molecule has 0 spiro atoms. The minimum Gasteiger partial charge on any atom is -0.493 e. The number of hydrazine groups is 1. The normalized spacial score (nSPS) is 16.7. The molecule has 0 saturated carbocycles. The molecule has 9 amide bonds. The lowest BCUT2D eigenvalue weighted by Gasteiger charge is -2.42. The highest BCUT2D eigenvalue weighted by Gasteiger charge is 2.46. The Bertz CT molecular complexity index is 3790. The Morgan fingerprint density at radius 3 is 1.85 bits per heavy atom. The van der Waals surface area contributed by atoms with Gasteiger partial charge in [-0.2, -0.15) is 0 Å². The maximum absolute atomic E-state index is 14.7. The van der Waals surface area contributed by atoms with E-state index < -0.39 is 65.2 Å². The summed E-state index contributed by atoms with van der Waals surface area (Å²) in [6, 6.07) is 22.6. The maximum Gasteiger partial charge on any atom is 0.334 e. The Balaban J connectivity index is 0.774. The Morgan fingerprint density at radius 2 is 1.25 bits per heavy atom. The van der Waals surface area contributed by atoms with Crippen molar-refractivity contribution in [2.75, 3.05) is 131 Å². The lowest BCUT2D eigenvalue weighted by atomic mass is 9.85. The van der Waals surface area contributed by atoms with Crippen LogP contribution in [0.1, 0.15) is 79.4 Å². The lowest BCUT2D eigenvalue weighted by Crippen LogP contribution is -2.68. The zero-order valence-electron chi connectivity index (χ0n) is 59.7. The van der Waals surface area contributed by atoms with Crippen LogP contribution in [0.2, 0.25) is 0 Å². The Morgan fingerprint density at radius 1 is 0.667 bits per heavy atom. The van der Waals surface area contributed by atoms with E-state index in [4.69, 9.17) is 10.5 Å². The number of benzene rings is 4. The summed E-state index contributed by atoms with van der Waals surface area (Å²) in [5.74, 6) is -6.72. The fourth-order valence-corrected chi connectivity index (χ4v) is 13.0. The molecule has 3 fully saturated rings. The van der Waals surface area contributed by atoms with Crippen molar-refractivity contribution in [3.05, 3.63) is 125 Å². The van der Waals surface area contributed by atoms with Crippen LogP contribution < -0.4 is 53.2 Å². The highest BCUT2D eigenvalue weighted by Crippen LogP contribution is 2.31. The van der Waals surface area contributed by atoms with Gasteiger partial charge in [-0.1, -0.05) is 74.5 Å². The summed E-state index contributed by atoms with van der Waals surface area (Å²) in [5.41, 5.74) is 13.2. The largest absolute Gasteiger partial charge is 0.493 e. The van der Waals surface area contributed by atoms with Crippen molar-refractivity contribution in [2.24, 2.45) is 11.7 Å². The number of fused-ring (bicyclic) bond motifs is 1. The molecule has 32 heteroatoms. The number of para-hydroxylation sites is 2. The fraction of sp³-hybridized carbons (Fsp3) is 0.493. The summed E-state index contributed by atoms with van der Waals surface area (Å²) in [7, 11) is 0. The van der Waals surface area contributed by atoms with Crippen LogP contribution in [0.5, 0.6) is 5.75 Å². The highest BCUT2D eigenvalue weighted by molar-refractivity contribution is 5.98. The third-order valence-electron chi connectivity index (χ3n) is 18.9. The van der Waals surface area contributed by atoms with Gasteiger partial charge in [0.15, 0.2) is 0 Å². The average Bonchev–Trinajstić information content (AvgIpc) is 1.48. The number of amides is 9. The second-order valence-corrected chi connectivity index (χ2v) is 27.4. The Hall–Kier alpha value is -10.1. The van der Waals surface area contributed by atoms with Gasteiger partial charge < -0.3 is 67.6 Å². The van der Waals surface area contributed by atoms with Crippen LogP contribution in [-0.4, -0.2) is 270 Å². The number of nitrogens with zero attached hydrogens (tertiary/aromatic N) is 6. The van der Waals surface area contributed by atoms with Gasteiger partial charge in [-0.3, -0.25) is 77.9 Å². The number of aromatic nitrogens is 1. The van der Waals surface area contributed by atoms with Gasteiger partial charge in [-0.25, -0.2) is 14.6 Å². The predicted molar refractivity (Wildman–Crippen MR) is 386 cm³/mol. The topological polar surface area (TPSA) is 415 Å². The number of likely N-dealkylation sites (tertiary alicyclic amines) is 2. The van der Waals surface area contributed by atoms with E-state index in [0.717, 1.165) is 22.0 Å². The lowest BCUT2D eigenvalue weighted by molar-refractivity contribution is -0.141. The first-order valence-electron chi connectivity index (χ1n) is 35.5. The number of carbonyl (C=O) groups is 11. The number of carboxylic acid groups (broad SMARTS) is 3. The molecular formula is C73H99FN16O15. The van der Waals surface area contributed by atoms with Gasteiger partial charge in [-0.15, -0.1) is 0 Å². The second-order valence-electron chi connectivity index (χ2n) is 27.4. The van der Waals surface area contributed by atoms with Gasteiger partial charge in [0.25, 0.3) is 5.91 Å². The number of nitrogens with two attached hydrogens (primary N) is 1. The minimum absolute atomic E-state index is 0.00325. The van der Waals surface area contributed by atoms with E-state index in [0.29, 0.717) is 87.5 Å². The van der Waals surface area contributed by atoms with Crippen LogP contribution in [0.25, 0.3) is 22.0 Å². The van der Waals surface area contributed by atoms with Crippen LogP contribution in [-0.2, 0) is 56.1 Å². The van der Waals surface area contributed by atoms with Gasteiger partial charge in [-0.05, 0) is 104 Å². The van der Waals surface area contributed by atoms with E-state index in [1.807, 2.05) is 66.1 Å². The van der Waals surface area contributed by atoms with Crippen LogP contribution in [0.3, 0.4) is 0 Å². The summed E-state index contributed by atoms with van der Waals surface area (Å²) < 4.78 is 20.4. The third kappa shape index (κ3) is 25.6. The summed E-state index contributed by atoms with van der Waals surface area (Å²) in [6.45, 7) is 8.89. The molecule has 0 unspecified atom stereocenters. The summed E-state index contributed by atoms with van der Waals surface area (Å²) in [6.07, 6.45) is 3.40. The summed E-state index contributed by atoms with van der Waals surface area (Å²) in [5, 5.41) is 46.8. The first-order valence-corrected chi connectivity index (χ1v) is 35.5. The smallest absolute Gasteiger partial charge is 0.334 e. The molecule has 0 aliphatic carbocycles. The molecule has 3 aliphatic heterocycles. The number of H-pyrrole nitrogens is 1. The molecular weight excluding hydrogens is 1360 g/mol. The standard InChI is InChI=1S/C73H99FN16O15/c1-48(2)37-60(70(102)82-73(71(103)80-59(68(75)100)39-53-41-78-58-11-6-4-9-55(53)58)21-26-90(27-22-73)64(93)42-76-40-50-14-13-49(3)57(74)38-50)81-72(104)84-83-69(101)52-17-15-51(16-18-52)56-10-5-7-12-61(56)105-36-8-23-77-62(91)43-85-24-19-54(20-25-85)79-63(92)44-86-28-30-87(45-65(94)95)32-34-89(47-67(98)99)35-33-88(31-29-86)46-66(96)97/h4-7,9-18,38,41,48,54,59-60,76,78H,8,19-37,39-40,42-47H2,1-3H3,(H2,75,100)(H,77,91)(H,79,92)(H,80,103)(H,82,102)(H,83,101)(H,94,95)(H,96,97)(H,98,99)(H2,81,84,104)/t59-,60-/m0/s1. The molecule has 31 nitrogen and oxygen atoms in total. The highest BCUT2D eigenvalue weighted by atomic mass is 19.1. The number of aryl methyl sites for hydroxylation is 1. The second kappa shape index (κ2) is 39.7. The average molecular weight is 1460 g/mol. The number of aliphatic carboxylic acids is 3. The molecule has 4 aromatic carbocycles. The Labute approximate surface area is 608 Å². The Kier molecular flexibility index (Phi) is 30.4. The molecule has 3 aliphatic rings. The fourth-order valence-electron chi connectivity index (χ4n) is 13.0. The SMILES string of the molecule is Cc1ccc(CNCC(=O)N2CCC(NC(=O)[C@H](CC(C)C)NC(=O)NNC(=O)c3ccc(-c4ccccc4OCCCNC(=O)CN4CCC(NC(=O)CN5CCN(CC(=O)O)CCN(CC(=O)O)CCN(CC(=O)O)CC5)CC4)cc3)(C(=O)N[C@@H](Cc3c[nH]c4ccccc34)C(N)=O)CC2)cc1F. The summed E-state index contributed by atoms with van der Waals surface area (Å²) in [4.78, 5) is 158. The van der Waals surface area contributed by atoms with Crippen molar-refractivity contribution >= 4 is 76.2 Å². The number of primary amides is 1. The van der Waals surface area contributed by atoms with Crippen LogP contribution in [0, 0.1) is 18.7 Å². The van der Waals surface area contributed by atoms with E-state index in [2.05, 4.69) is 47.7 Å². The molecule has 2 atom stereocenters. The number of aromatic amines is 1. The molecule has 3 saturated heterocycles. The zero-order chi connectivity index (χ0) is 75.6. The van der Waals surface area contributed by atoms with E-state index >= 15 is 0 Å². The summed E-state index contributed by atoms with van der Waals surface area (Å²) >= 11 is 0. The molecule has 568 valence electrons. The van der Waals surface area contributed by atoms with Gasteiger partial charge in [0.2, 0.25) is 35.4 Å². The number of hydrogen-bond acceptors (Lipinski definition) is 18. The van der Waals surface area contributed by atoms with Crippen molar-refractivity contribution in [1.82, 2.24) is 77.1 Å². The zero-order valence-corrected chi connectivity index (χ0v) is 59.7. The molecule has 8 rings (SSSR count). The van der Waals surface area contributed by atoms with E-state index in [9.17, 15) is 72.4 Å². The van der Waals surface area contributed by atoms with E-state index in [-0.39, 0.29) is 158 Å². The number of hydrogen-bond donors (Lipinski definition) is 13. The molecule has 0 bridgehead atoms. The third-order valence-corrected chi connectivity index (χ3v) is 18.9. The van der Waals surface area contributed by atoms with Gasteiger partial charge in [0.1, 0.15) is 29.2 Å². The maximum atomic E-state index is 14.7.